The van der Waals surface area contributed by atoms with Crippen molar-refractivity contribution in [3.63, 3.8) is 0 Å². The van der Waals surface area contributed by atoms with Crippen molar-refractivity contribution in [2.45, 2.75) is 20.4 Å². The first-order chi connectivity index (χ1) is 10.5. The summed E-state index contributed by atoms with van der Waals surface area (Å²) in [6, 6.07) is 9.58. The van der Waals surface area contributed by atoms with Crippen molar-refractivity contribution in [2.75, 3.05) is 12.3 Å². The van der Waals surface area contributed by atoms with E-state index in [-0.39, 0.29) is 23.1 Å². The molecule has 2 aromatic rings. The molecule has 1 heterocycles. The Labute approximate surface area is 133 Å². The summed E-state index contributed by atoms with van der Waals surface area (Å²) < 4.78 is 4.95. The van der Waals surface area contributed by atoms with Crippen molar-refractivity contribution in [1.82, 2.24) is 5.32 Å². The SMILES string of the molecule is CCOC(=O)c1sc(C)c(C(=O)NCc2ccccc2)c1N. The van der Waals surface area contributed by atoms with Gasteiger partial charge in [-0.2, -0.15) is 0 Å². The largest absolute Gasteiger partial charge is 0.462 e. The normalized spacial score (nSPS) is 10.3. The van der Waals surface area contributed by atoms with Crippen LogP contribution in [-0.2, 0) is 11.3 Å². The van der Waals surface area contributed by atoms with E-state index < -0.39 is 5.97 Å². The monoisotopic (exact) mass is 318 g/mol. The first-order valence-electron chi connectivity index (χ1n) is 6.92. The number of anilines is 1. The maximum Gasteiger partial charge on any atom is 0.350 e. The van der Waals surface area contributed by atoms with E-state index in [0.717, 1.165) is 5.56 Å². The molecule has 0 aliphatic heterocycles. The van der Waals surface area contributed by atoms with E-state index in [1.54, 1.807) is 13.8 Å². The Morgan fingerprint density at radius 3 is 2.59 bits per heavy atom. The zero-order valence-electron chi connectivity index (χ0n) is 12.5. The number of amides is 1. The Kier molecular flexibility index (Phi) is 5.16. The number of hydrogen-bond donors (Lipinski definition) is 2. The molecule has 0 aliphatic rings. The first-order valence-corrected chi connectivity index (χ1v) is 7.74. The summed E-state index contributed by atoms with van der Waals surface area (Å²) in [5.41, 5.74) is 7.48. The highest BCUT2D eigenvalue weighted by Crippen LogP contribution is 2.31. The molecule has 22 heavy (non-hydrogen) atoms. The molecule has 116 valence electrons. The van der Waals surface area contributed by atoms with Gasteiger partial charge in [-0.25, -0.2) is 4.79 Å². The van der Waals surface area contributed by atoms with Gasteiger partial charge in [-0.3, -0.25) is 4.79 Å². The molecular formula is C16H18N2O3S. The third-order valence-electron chi connectivity index (χ3n) is 3.10. The Balaban J connectivity index is 2.14. The molecule has 1 amide bonds. The number of carbonyl (C=O) groups excluding carboxylic acids is 2. The summed E-state index contributed by atoms with van der Waals surface area (Å²) in [5.74, 6) is -0.777. The number of aryl methyl sites for hydroxylation is 1. The van der Waals surface area contributed by atoms with Gasteiger partial charge in [0.2, 0.25) is 0 Å². The molecule has 0 radical (unpaired) electrons. The number of nitrogens with two attached hydrogens (primary N) is 1. The van der Waals surface area contributed by atoms with E-state index in [0.29, 0.717) is 17.0 Å². The highest BCUT2D eigenvalue weighted by atomic mass is 32.1. The number of thiophene rings is 1. The van der Waals surface area contributed by atoms with Crippen LogP contribution in [0.1, 0.15) is 37.4 Å². The fourth-order valence-corrected chi connectivity index (χ4v) is 3.02. The minimum Gasteiger partial charge on any atom is -0.462 e. The van der Waals surface area contributed by atoms with Gasteiger partial charge < -0.3 is 15.8 Å². The minimum absolute atomic E-state index is 0.187. The Bertz CT molecular complexity index is 680. The Morgan fingerprint density at radius 1 is 1.27 bits per heavy atom. The third kappa shape index (κ3) is 3.46. The lowest BCUT2D eigenvalue weighted by Gasteiger charge is -2.06. The number of esters is 1. The second-order valence-electron chi connectivity index (χ2n) is 4.66. The summed E-state index contributed by atoms with van der Waals surface area (Å²) in [6.07, 6.45) is 0. The highest BCUT2D eigenvalue weighted by Gasteiger charge is 2.24. The lowest BCUT2D eigenvalue weighted by molar-refractivity contribution is 0.0533. The molecule has 1 aromatic carbocycles. The van der Waals surface area contributed by atoms with Gasteiger partial charge in [0.05, 0.1) is 17.9 Å². The molecular weight excluding hydrogens is 300 g/mol. The zero-order chi connectivity index (χ0) is 16.1. The molecule has 1 aromatic heterocycles. The van der Waals surface area contributed by atoms with Crippen molar-refractivity contribution in [3.8, 4) is 0 Å². The van der Waals surface area contributed by atoms with Crippen LogP contribution < -0.4 is 11.1 Å². The quantitative estimate of drug-likeness (QED) is 0.831. The van der Waals surface area contributed by atoms with Crippen LogP contribution in [0.15, 0.2) is 30.3 Å². The Hall–Kier alpha value is -2.34. The van der Waals surface area contributed by atoms with E-state index in [2.05, 4.69) is 5.32 Å². The van der Waals surface area contributed by atoms with Gasteiger partial charge in [0.15, 0.2) is 0 Å². The number of ether oxygens (including phenoxy) is 1. The summed E-state index contributed by atoms with van der Waals surface area (Å²) in [6.45, 7) is 4.16. The first kappa shape index (κ1) is 16.0. The van der Waals surface area contributed by atoms with Gasteiger partial charge in [0.1, 0.15) is 4.88 Å². The van der Waals surface area contributed by atoms with Crippen molar-refractivity contribution in [3.05, 3.63) is 51.2 Å². The van der Waals surface area contributed by atoms with Crippen LogP contribution in [0.5, 0.6) is 0 Å². The van der Waals surface area contributed by atoms with Gasteiger partial charge >= 0.3 is 5.97 Å². The zero-order valence-corrected chi connectivity index (χ0v) is 13.3. The van der Waals surface area contributed by atoms with Crippen LogP contribution in [0.25, 0.3) is 0 Å². The van der Waals surface area contributed by atoms with Crippen LogP contribution in [0.3, 0.4) is 0 Å². The number of nitrogen functional groups attached to an aromatic ring is 1. The molecule has 0 saturated carbocycles. The van der Waals surface area contributed by atoms with E-state index in [4.69, 9.17) is 10.5 Å². The van der Waals surface area contributed by atoms with E-state index in [1.807, 2.05) is 30.3 Å². The topological polar surface area (TPSA) is 81.4 Å². The second-order valence-corrected chi connectivity index (χ2v) is 5.89. The molecule has 6 heteroatoms. The lowest BCUT2D eigenvalue weighted by atomic mass is 10.1. The number of nitrogens with one attached hydrogen (secondary N) is 1. The molecule has 0 atom stereocenters. The van der Waals surface area contributed by atoms with Crippen molar-refractivity contribution in [2.24, 2.45) is 0 Å². The predicted molar refractivity (Wildman–Crippen MR) is 87.0 cm³/mol. The van der Waals surface area contributed by atoms with Gasteiger partial charge in [-0.05, 0) is 19.4 Å². The Morgan fingerprint density at radius 2 is 1.95 bits per heavy atom. The smallest absolute Gasteiger partial charge is 0.350 e. The maximum absolute atomic E-state index is 12.3. The number of hydrogen-bond acceptors (Lipinski definition) is 5. The molecule has 0 fully saturated rings. The lowest BCUT2D eigenvalue weighted by Crippen LogP contribution is -2.24. The fourth-order valence-electron chi connectivity index (χ4n) is 2.06. The van der Waals surface area contributed by atoms with Gasteiger partial charge in [0, 0.05) is 11.4 Å². The summed E-state index contributed by atoms with van der Waals surface area (Å²) in [5, 5.41) is 2.82. The molecule has 2 rings (SSSR count). The fraction of sp³-hybridized carbons (Fsp3) is 0.250. The number of benzene rings is 1. The molecule has 3 N–H and O–H groups in total. The van der Waals surface area contributed by atoms with Crippen molar-refractivity contribution in [1.29, 1.82) is 0 Å². The summed E-state index contributed by atoms with van der Waals surface area (Å²) in [4.78, 5) is 25.1. The third-order valence-corrected chi connectivity index (χ3v) is 4.21. The maximum atomic E-state index is 12.3. The van der Waals surface area contributed by atoms with Gasteiger partial charge in [-0.15, -0.1) is 11.3 Å². The molecule has 0 unspecified atom stereocenters. The predicted octanol–water partition coefficient (Wildman–Crippen LogP) is 2.75. The number of carbonyl (C=O) groups is 2. The molecule has 5 nitrogen and oxygen atoms in total. The average Bonchev–Trinajstić information content (AvgIpc) is 2.81. The summed E-state index contributed by atoms with van der Waals surface area (Å²) in [7, 11) is 0. The second kappa shape index (κ2) is 7.09. The van der Waals surface area contributed by atoms with Crippen LogP contribution in [0.2, 0.25) is 0 Å². The van der Waals surface area contributed by atoms with Gasteiger partial charge in [-0.1, -0.05) is 30.3 Å². The summed E-state index contributed by atoms with van der Waals surface area (Å²) >= 11 is 1.18. The highest BCUT2D eigenvalue weighted by molar-refractivity contribution is 7.15. The molecule has 0 bridgehead atoms. The minimum atomic E-state index is -0.491. The van der Waals surface area contributed by atoms with Crippen LogP contribution in [-0.4, -0.2) is 18.5 Å². The molecule has 0 aliphatic carbocycles. The van der Waals surface area contributed by atoms with Crippen molar-refractivity contribution >= 4 is 28.9 Å². The van der Waals surface area contributed by atoms with Crippen molar-refractivity contribution < 1.29 is 14.3 Å². The van der Waals surface area contributed by atoms with Gasteiger partial charge in [0.25, 0.3) is 5.91 Å². The molecule has 0 saturated heterocycles. The average molecular weight is 318 g/mol. The van der Waals surface area contributed by atoms with Crippen LogP contribution >= 0.6 is 11.3 Å². The van der Waals surface area contributed by atoms with Crippen LogP contribution in [0.4, 0.5) is 5.69 Å². The number of rotatable bonds is 5. The van der Waals surface area contributed by atoms with E-state index >= 15 is 0 Å². The van der Waals surface area contributed by atoms with E-state index in [1.165, 1.54) is 11.3 Å². The molecule has 0 spiro atoms. The standard InChI is InChI=1S/C16H18N2O3S/c1-3-21-16(20)14-13(17)12(10(2)22-14)15(19)18-9-11-7-5-4-6-8-11/h4-8H,3,9,17H2,1-2H3,(H,18,19). The van der Waals surface area contributed by atoms with E-state index in [9.17, 15) is 9.59 Å². The van der Waals surface area contributed by atoms with Crippen LogP contribution in [0, 0.1) is 6.92 Å².